The fourth-order valence-electron chi connectivity index (χ4n) is 2.36. The van der Waals surface area contributed by atoms with Crippen molar-refractivity contribution in [1.82, 2.24) is 4.98 Å². The van der Waals surface area contributed by atoms with Gasteiger partial charge in [-0.3, -0.25) is 4.79 Å². The Morgan fingerprint density at radius 3 is 2.57 bits per heavy atom. The van der Waals surface area contributed by atoms with Crippen molar-refractivity contribution in [3.05, 3.63) is 59.8 Å². The molecule has 0 aliphatic heterocycles. The zero-order chi connectivity index (χ0) is 15.0. The molecule has 0 spiro atoms. The molecule has 0 atom stereocenters. The van der Waals surface area contributed by atoms with Gasteiger partial charge in [0, 0.05) is 11.6 Å². The highest BCUT2D eigenvalue weighted by Gasteiger charge is 2.12. The molecule has 0 aliphatic rings. The lowest BCUT2D eigenvalue weighted by Gasteiger charge is -2.07. The number of carbonyl (C=O) groups excluding carboxylic acids is 1. The number of hydrogen-bond donors (Lipinski definition) is 3. The summed E-state index contributed by atoms with van der Waals surface area (Å²) in [4.78, 5) is 25.6. The maximum absolute atomic E-state index is 11.6. The minimum atomic E-state index is -0.991. The van der Waals surface area contributed by atoms with Crippen LogP contribution in [0.4, 0.5) is 0 Å². The van der Waals surface area contributed by atoms with Crippen molar-refractivity contribution in [2.75, 3.05) is 0 Å². The van der Waals surface area contributed by atoms with Crippen molar-refractivity contribution < 1.29 is 14.7 Å². The number of primary amides is 1. The predicted octanol–water partition coefficient (Wildman–Crippen LogP) is 2.63. The lowest BCUT2D eigenvalue weighted by molar-refractivity contribution is 0.0696. The van der Waals surface area contributed by atoms with Gasteiger partial charge in [-0.1, -0.05) is 12.1 Å². The van der Waals surface area contributed by atoms with Crippen molar-refractivity contribution in [3.63, 3.8) is 0 Å². The Morgan fingerprint density at radius 2 is 1.86 bits per heavy atom. The standard InChI is InChI=1S/C16H12N2O3/c17-15(19)13-8-12(7-10-4-5-18-14(10)13)9-2-1-3-11(6-9)16(20)21/h1-8,18H,(H2,17,19)(H,20,21). The van der Waals surface area contributed by atoms with Crippen LogP contribution in [0.25, 0.3) is 22.0 Å². The molecule has 0 radical (unpaired) electrons. The number of rotatable bonds is 3. The second-order valence-corrected chi connectivity index (χ2v) is 4.72. The summed E-state index contributed by atoms with van der Waals surface area (Å²) >= 11 is 0. The lowest BCUT2D eigenvalue weighted by Crippen LogP contribution is -2.11. The molecule has 0 saturated carbocycles. The molecule has 0 aliphatic carbocycles. The molecule has 104 valence electrons. The van der Waals surface area contributed by atoms with Gasteiger partial charge >= 0.3 is 5.97 Å². The third-order valence-corrected chi connectivity index (χ3v) is 3.37. The number of fused-ring (bicyclic) bond motifs is 1. The van der Waals surface area contributed by atoms with Crippen molar-refractivity contribution >= 4 is 22.8 Å². The van der Waals surface area contributed by atoms with Crippen LogP contribution < -0.4 is 5.73 Å². The Balaban J connectivity index is 2.23. The van der Waals surface area contributed by atoms with E-state index in [9.17, 15) is 9.59 Å². The van der Waals surface area contributed by atoms with Gasteiger partial charge in [0.1, 0.15) is 0 Å². The van der Waals surface area contributed by atoms with Crippen molar-refractivity contribution in [3.8, 4) is 11.1 Å². The first-order valence-corrected chi connectivity index (χ1v) is 6.31. The van der Waals surface area contributed by atoms with Crippen LogP contribution in [0.5, 0.6) is 0 Å². The Hall–Kier alpha value is -3.08. The van der Waals surface area contributed by atoms with E-state index < -0.39 is 11.9 Å². The van der Waals surface area contributed by atoms with Gasteiger partial charge in [-0.2, -0.15) is 0 Å². The molecule has 4 N–H and O–H groups in total. The first kappa shape index (κ1) is 12.9. The van der Waals surface area contributed by atoms with Crippen LogP contribution in [0.1, 0.15) is 20.7 Å². The number of aromatic amines is 1. The van der Waals surface area contributed by atoms with Gasteiger partial charge in [0.2, 0.25) is 0 Å². The van der Waals surface area contributed by atoms with E-state index in [1.54, 1.807) is 30.5 Å². The largest absolute Gasteiger partial charge is 0.478 e. The minimum absolute atomic E-state index is 0.197. The first-order valence-electron chi connectivity index (χ1n) is 6.31. The van der Waals surface area contributed by atoms with Gasteiger partial charge in [0.05, 0.1) is 16.6 Å². The molecule has 5 nitrogen and oxygen atoms in total. The van der Waals surface area contributed by atoms with E-state index in [2.05, 4.69) is 4.98 Å². The van der Waals surface area contributed by atoms with E-state index in [0.717, 1.165) is 16.5 Å². The molecule has 1 heterocycles. The number of aromatic nitrogens is 1. The number of H-pyrrole nitrogens is 1. The number of nitrogens with two attached hydrogens (primary N) is 1. The highest BCUT2D eigenvalue weighted by atomic mass is 16.4. The van der Waals surface area contributed by atoms with Gasteiger partial charge in [0.25, 0.3) is 5.91 Å². The molecule has 0 fully saturated rings. The smallest absolute Gasteiger partial charge is 0.335 e. The summed E-state index contributed by atoms with van der Waals surface area (Å²) in [6.07, 6.45) is 1.73. The Bertz CT molecular complexity index is 865. The highest BCUT2D eigenvalue weighted by molar-refractivity contribution is 6.07. The number of carbonyl (C=O) groups is 2. The van der Waals surface area contributed by atoms with Gasteiger partial charge in [-0.25, -0.2) is 4.79 Å². The van der Waals surface area contributed by atoms with Crippen LogP contribution in [-0.2, 0) is 0 Å². The number of carboxylic acids is 1. The first-order chi connectivity index (χ1) is 10.1. The van der Waals surface area contributed by atoms with Gasteiger partial charge in [0.15, 0.2) is 0 Å². The van der Waals surface area contributed by atoms with Crippen molar-refractivity contribution in [2.45, 2.75) is 0 Å². The predicted molar refractivity (Wildman–Crippen MR) is 79.2 cm³/mol. The van der Waals surface area contributed by atoms with Gasteiger partial charge in [-0.15, -0.1) is 0 Å². The third kappa shape index (κ3) is 2.25. The molecule has 0 bridgehead atoms. The number of carboxylic acid groups (broad SMARTS) is 1. The minimum Gasteiger partial charge on any atom is -0.478 e. The van der Waals surface area contributed by atoms with E-state index in [4.69, 9.17) is 10.8 Å². The summed E-state index contributed by atoms with van der Waals surface area (Å²) in [6.45, 7) is 0. The highest BCUT2D eigenvalue weighted by Crippen LogP contribution is 2.27. The number of nitrogens with one attached hydrogen (secondary N) is 1. The monoisotopic (exact) mass is 280 g/mol. The number of benzene rings is 2. The fraction of sp³-hybridized carbons (Fsp3) is 0. The van der Waals surface area contributed by atoms with Crippen LogP contribution in [0.3, 0.4) is 0 Å². The molecular formula is C16H12N2O3. The Labute approximate surface area is 120 Å². The van der Waals surface area contributed by atoms with Gasteiger partial charge < -0.3 is 15.8 Å². The second-order valence-electron chi connectivity index (χ2n) is 4.72. The van der Waals surface area contributed by atoms with E-state index in [-0.39, 0.29) is 5.56 Å². The summed E-state index contributed by atoms with van der Waals surface area (Å²) in [5, 5.41) is 9.91. The fourth-order valence-corrected chi connectivity index (χ4v) is 2.36. The zero-order valence-corrected chi connectivity index (χ0v) is 11.0. The lowest BCUT2D eigenvalue weighted by atomic mass is 9.98. The molecule has 2 aromatic carbocycles. The maximum Gasteiger partial charge on any atom is 0.335 e. The number of amides is 1. The zero-order valence-electron chi connectivity index (χ0n) is 11.0. The average Bonchev–Trinajstić information content (AvgIpc) is 2.94. The number of aromatic carboxylic acids is 1. The normalized spacial score (nSPS) is 10.7. The van der Waals surface area contributed by atoms with E-state index in [1.807, 2.05) is 12.1 Å². The summed E-state index contributed by atoms with van der Waals surface area (Å²) in [7, 11) is 0. The third-order valence-electron chi connectivity index (χ3n) is 3.37. The summed E-state index contributed by atoms with van der Waals surface area (Å²) in [5.41, 5.74) is 8.14. The van der Waals surface area contributed by atoms with E-state index in [1.165, 1.54) is 6.07 Å². The maximum atomic E-state index is 11.6. The molecular weight excluding hydrogens is 268 g/mol. The Morgan fingerprint density at radius 1 is 1.05 bits per heavy atom. The molecule has 1 amide bonds. The van der Waals surface area contributed by atoms with Crippen LogP contribution in [0.15, 0.2) is 48.7 Å². The topological polar surface area (TPSA) is 96.2 Å². The molecule has 0 unspecified atom stereocenters. The SMILES string of the molecule is NC(=O)c1cc(-c2cccc(C(=O)O)c2)cc2cc[nH]c12. The average molecular weight is 280 g/mol. The van der Waals surface area contributed by atoms with Crippen molar-refractivity contribution in [1.29, 1.82) is 0 Å². The van der Waals surface area contributed by atoms with Gasteiger partial charge in [-0.05, 0) is 41.5 Å². The molecule has 0 saturated heterocycles. The second kappa shape index (κ2) is 4.79. The summed E-state index contributed by atoms with van der Waals surface area (Å²) in [5.74, 6) is -1.52. The van der Waals surface area contributed by atoms with Crippen LogP contribution in [0.2, 0.25) is 0 Å². The summed E-state index contributed by atoms with van der Waals surface area (Å²) < 4.78 is 0. The molecule has 3 aromatic rings. The van der Waals surface area contributed by atoms with Crippen LogP contribution in [0, 0.1) is 0 Å². The Kier molecular flexibility index (Phi) is 2.95. The van der Waals surface area contributed by atoms with Crippen LogP contribution in [-0.4, -0.2) is 22.0 Å². The van der Waals surface area contributed by atoms with E-state index in [0.29, 0.717) is 11.1 Å². The quantitative estimate of drug-likeness (QED) is 0.688. The van der Waals surface area contributed by atoms with E-state index >= 15 is 0 Å². The number of hydrogen-bond acceptors (Lipinski definition) is 2. The summed E-state index contributed by atoms with van der Waals surface area (Å²) in [6, 6.07) is 12.0. The molecule has 3 rings (SSSR count). The molecule has 1 aromatic heterocycles. The molecule has 5 heteroatoms. The van der Waals surface area contributed by atoms with Crippen molar-refractivity contribution in [2.24, 2.45) is 5.73 Å². The van der Waals surface area contributed by atoms with Crippen LogP contribution >= 0.6 is 0 Å². The molecule has 21 heavy (non-hydrogen) atoms.